The zero-order chi connectivity index (χ0) is 15.8. The maximum absolute atomic E-state index is 5.89. The lowest BCUT2D eigenvalue weighted by molar-refractivity contribution is 0.297. The first kappa shape index (κ1) is 17.3. The molecule has 0 saturated heterocycles. The summed E-state index contributed by atoms with van der Waals surface area (Å²) in [4.78, 5) is 2.44. The van der Waals surface area contributed by atoms with Crippen LogP contribution in [0.2, 0.25) is 0 Å². The average Bonchev–Trinajstić information content (AvgIpc) is 3.00. The molecule has 1 N–H and O–H groups in total. The van der Waals surface area contributed by atoms with E-state index < -0.39 is 0 Å². The van der Waals surface area contributed by atoms with Crippen LogP contribution >= 0.6 is 15.9 Å². The second-order valence-electron chi connectivity index (χ2n) is 5.33. The molecule has 0 aliphatic carbocycles. The predicted molar refractivity (Wildman–Crippen MR) is 96.0 cm³/mol. The summed E-state index contributed by atoms with van der Waals surface area (Å²) < 4.78 is 6.97. The van der Waals surface area contributed by atoms with Gasteiger partial charge in [-0.1, -0.05) is 41.9 Å². The van der Waals surface area contributed by atoms with E-state index in [1.54, 1.807) is 0 Å². The van der Waals surface area contributed by atoms with Crippen LogP contribution in [0.3, 0.4) is 0 Å². The summed E-state index contributed by atoms with van der Waals surface area (Å²) in [6, 6.07) is 12.3. The standard InChI is InChI=1S/C18H25BrN2O/c1-3-21(4-2)13-5-12-20-14-17-10-11-18(22-17)15-6-8-16(19)9-7-15/h6-11,20H,3-5,12-14H2,1-2H3. The van der Waals surface area contributed by atoms with E-state index in [2.05, 4.69) is 58.2 Å². The first-order valence-corrected chi connectivity index (χ1v) is 8.80. The molecule has 0 bridgehead atoms. The Balaban J connectivity index is 1.74. The largest absolute Gasteiger partial charge is 0.460 e. The van der Waals surface area contributed by atoms with Crippen LogP contribution < -0.4 is 5.32 Å². The van der Waals surface area contributed by atoms with E-state index in [1.165, 1.54) is 6.42 Å². The van der Waals surface area contributed by atoms with Crippen molar-refractivity contribution in [3.05, 3.63) is 46.6 Å². The van der Waals surface area contributed by atoms with Crippen LogP contribution in [0.15, 0.2) is 45.3 Å². The highest BCUT2D eigenvalue weighted by Gasteiger charge is 2.04. The maximum Gasteiger partial charge on any atom is 0.134 e. The van der Waals surface area contributed by atoms with Crippen LogP contribution in [-0.2, 0) is 6.54 Å². The minimum Gasteiger partial charge on any atom is -0.460 e. The summed E-state index contributed by atoms with van der Waals surface area (Å²) >= 11 is 3.45. The maximum atomic E-state index is 5.89. The molecule has 22 heavy (non-hydrogen) atoms. The highest BCUT2D eigenvalue weighted by atomic mass is 79.9. The van der Waals surface area contributed by atoms with Crippen molar-refractivity contribution in [1.29, 1.82) is 0 Å². The summed E-state index contributed by atoms with van der Waals surface area (Å²) in [5, 5.41) is 3.45. The van der Waals surface area contributed by atoms with E-state index >= 15 is 0 Å². The van der Waals surface area contributed by atoms with Crippen LogP contribution in [0, 0.1) is 0 Å². The van der Waals surface area contributed by atoms with E-state index in [-0.39, 0.29) is 0 Å². The van der Waals surface area contributed by atoms with E-state index in [4.69, 9.17) is 4.42 Å². The van der Waals surface area contributed by atoms with Crippen molar-refractivity contribution in [2.24, 2.45) is 0 Å². The Kier molecular flexibility index (Phi) is 7.16. The molecule has 2 rings (SSSR count). The third kappa shape index (κ3) is 5.27. The van der Waals surface area contributed by atoms with E-state index in [0.717, 1.165) is 54.3 Å². The number of halogens is 1. The van der Waals surface area contributed by atoms with Gasteiger partial charge in [0, 0.05) is 10.0 Å². The van der Waals surface area contributed by atoms with Gasteiger partial charge in [0.2, 0.25) is 0 Å². The molecular weight excluding hydrogens is 340 g/mol. The molecule has 1 aromatic carbocycles. The highest BCUT2D eigenvalue weighted by molar-refractivity contribution is 9.10. The molecule has 0 spiro atoms. The van der Waals surface area contributed by atoms with Gasteiger partial charge in [0.05, 0.1) is 6.54 Å². The Bertz CT molecular complexity index is 546. The second kappa shape index (κ2) is 9.13. The van der Waals surface area contributed by atoms with Crippen LogP contribution in [0.1, 0.15) is 26.0 Å². The van der Waals surface area contributed by atoms with Crippen LogP contribution in [-0.4, -0.2) is 31.1 Å². The third-order valence-electron chi connectivity index (χ3n) is 3.81. The normalized spacial score (nSPS) is 11.3. The number of benzene rings is 1. The summed E-state index contributed by atoms with van der Waals surface area (Å²) in [7, 11) is 0. The SMILES string of the molecule is CCN(CC)CCCNCc1ccc(-c2ccc(Br)cc2)o1. The number of nitrogens with zero attached hydrogens (tertiary/aromatic N) is 1. The Labute approximate surface area is 141 Å². The number of rotatable bonds is 9. The predicted octanol–water partition coefficient (Wildman–Crippen LogP) is 4.53. The minimum atomic E-state index is 0.786. The fourth-order valence-electron chi connectivity index (χ4n) is 2.42. The van der Waals surface area contributed by atoms with Gasteiger partial charge in [0.25, 0.3) is 0 Å². The molecule has 0 aliphatic heterocycles. The minimum absolute atomic E-state index is 0.786. The van der Waals surface area contributed by atoms with Crippen LogP contribution in [0.5, 0.6) is 0 Å². The Hall–Kier alpha value is -1.10. The van der Waals surface area contributed by atoms with Crippen molar-refractivity contribution in [1.82, 2.24) is 10.2 Å². The van der Waals surface area contributed by atoms with Crippen LogP contribution in [0.25, 0.3) is 11.3 Å². The van der Waals surface area contributed by atoms with Crippen molar-refractivity contribution >= 4 is 15.9 Å². The van der Waals surface area contributed by atoms with Crippen molar-refractivity contribution < 1.29 is 4.42 Å². The van der Waals surface area contributed by atoms with E-state index in [0.29, 0.717) is 0 Å². The Morgan fingerprint density at radius 3 is 2.45 bits per heavy atom. The summed E-state index contributed by atoms with van der Waals surface area (Å²) in [6.07, 6.45) is 1.17. The van der Waals surface area contributed by atoms with Gasteiger partial charge in [-0.2, -0.15) is 0 Å². The van der Waals surface area contributed by atoms with Gasteiger partial charge in [-0.3, -0.25) is 0 Å². The fourth-order valence-corrected chi connectivity index (χ4v) is 2.69. The monoisotopic (exact) mass is 364 g/mol. The first-order chi connectivity index (χ1) is 10.7. The van der Waals surface area contributed by atoms with Gasteiger partial charge in [0.15, 0.2) is 0 Å². The molecule has 0 unspecified atom stereocenters. The summed E-state index contributed by atoms with van der Waals surface area (Å²) in [5.74, 6) is 1.91. The third-order valence-corrected chi connectivity index (χ3v) is 4.34. The molecule has 0 saturated carbocycles. The lowest BCUT2D eigenvalue weighted by atomic mass is 10.2. The summed E-state index contributed by atoms with van der Waals surface area (Å²) in [6.45, 7) is 9.64. The number of hydrogen-bond acceptors (Lipinski definition) is 3. The first-order valence-electron chi connectivity index (χ1n) is 8.00. The van der Waals surface area contributed by atoms with Gasteiger partial charge in [-0.25, -0.2) is 0 Å². The number of hydrogen-bond donors (Lipinski definition) is 1. The zero-order valence-corrected chi connectivity index (χ0v) is 15.0. The van der Waals surface area contributed by atoms with Gasteiger partial charge >= 0.3 is 0 Å². The number of furan rings is 1. The quantitative estimate of drug-likeness (QED) is 0.662. The molecule has 120 valence electrons. The second-order valence-corrected chi connectivity index (χ2v) is 6.25. The average molecular weight is 365 g/mol. The number of nitrogens with one attached hydrogen (secondary N) is 1. The molecular formula is C18H25BrN2O. The van der Waals surface area contributed by atoms with Crippen molar-refractivity contribution in [3.8, 4) is 11.3 Å². The van der Waals surface area contributed by atoms with Gasteiger partial charge in [0.1, 0.15) is 11.5 Å². The fraction of sp³-hybridized carbons (Fsp3) is 0.444. The summed E-state index contributed by atoms with van der Waals surface area (Å²) in [5.41, 5.74) is 1.11. The zero-order valence-electron chi connectivity index (χ0n) is 13.4. The van der Waals surface area contributed by atoms with Crippen LogP contribution in [0.4, 0.5) is 0 Å². The Morgan fingerprint density at radius 2 is 1.77 bits per heavy atom. The molecule has 4 heteroatoms. The molecule has 0 amide bonds. The van der Waals surface area contributed by atoms with E-state index in [1.807, 2.05) is 18.2 Å². The molecule has 2 aromatic rings. The van der Waals surface area contributed by atoms with Crippen molar-refractivity contribution in [3.63, 3.8) is 0 Å². The van der Waals surface area contributed by atoms with E-state index in [9.17, 15) is 0 Å². The Morgan fingerprint density at radius 1 is 1.05 bits per heavy atom. The molecule has 0 fully saturated rings. The van der Waals surface area contributed by atoms with Crippen molar-refractivity contribution in [2.75, 3.05) is 26.2 Å². The molecule has 3 nitrogen and oxygen atoms in total. The molecule has 1 heterocycles. The molecule has 0 radical (unpaired) electrons. The molecule has 0 atom stereocenters. The lowest BCUT2D eigenvalue weighted by Crippen LogP contribution is -2.27. The lowest BCUT2D eigenvalue weighted by Gasteiger charge is -2.17. The molecule has 0 aliphatic rings. The van der Waals surface area contributed by atoms with Gasteiger partial charge in [-0.05, 0) is 56.9 Å². The van der Waals surface area contributed by atoms with Gasteiger partial charge in [-0.15, -0.1) is 0 Å². The smallest absolute Gasteiger partial charge is 0.134 e. The van der Waals surface area contributed by atoms with Crippen molar-refractivity contribution in [2.45, 2.75) is 26.8 Å². The highest BCUT2D eigenvalue weighted by Crippen LogP contribution is 2.23. The molecule has 1 aromatic heterocycles. The topological polar surface area (TPSA) is 28.4 Å². The van der Waals surface area contributed by atoms with Gasteiger partial charge < -0.3 is 14.6 Å².